The van der Waals surface area contributed by atoms with E-state index in [4.69, 9.17) is 9.47 Å². The van der Waals surface area contributed by atoms with Crippen LogP contribution in [-0.4, -0.2) is 51.8 Å². The van der Waals surface area contributed by atoms with E-state index in [2.05, 4.69) is 20.7 Å². The average molecular weight is 495 g/mol. The van der Waals surface area contributed by atoms with Gasteiger partial charge in [0.2, 0.25) is 0 Å². The largest absolute Gasteiger partial charge is 0.350 e. The highest BCUT2D eigenvalue weighted by Crippen LogP contribution is 2.26. The van der Waals surface area contributed by atoms with E-state index in [1.807, 2.05) is 0 Å². The number of anilines is 1. The van der Waals surface area contributed by atoms with E-state index in [1.54, 1.807) is 41.3 Å². The summed E-state index contributed by atoms with van der Waals surface area (Å²) in [4.78, 5) is 15.0. The third-order valence-electron chi connectivity index (χ3n) is 5.26. The van der Waals surface area contributed by atoms with E-state index in [0.29, 0.717) is 37.6 Å². The van der Waals surface area contributed by atoms with Crippen LogP contribution in [0, 0.1) is 5.92 Å². The topological polar surface area (TPSA) is 84.9 Å². The Hall–Kier alpha value is -1.94. The third-order valence-corrected chi connectivity index (χ3v) is 7.19. The van der Waals surface area contributed by atoms with Gasteiger partial charge in [0.05, 0.1) is 18.1 Å². The first-order chi connectivity index (χ1) is 14.4. The normalized spacial score (nSPS) is 20.3. The standard InChI is InChI=1S/C21H23BrN2O5S/c22-17-6-8-19(9-7-17)30(26,27)23-18-5-1-3-15(13-18)20(25)24-10-2-4-16(14-24)21-28-11-12-29-21/h1,3,5-9,13,16,21,23H,2,4,10-12,14H2. The molecule has 0 aliphatic carbocycles. The second kappa shape index (κ2) is 9.05. The number of amides is 1. The number of nitrogens with zero attached hydrogens (tertiary/aromatic N) is 1. The summed E-state index contributed by atoms with van der Waals surface area (Å²) < 4.78 is 39.8. The number of halogens is 1. The van der Waals surface area contributed by atoms with Crippen LogP contribution >= 0.6 is 15.9 Å². The molecule has 0 spiro atoms. The summed E-state index contributed by atoms with van der Waals surface area (Å²) in [5.74, 6) is 0.0340. The Morgan fingerprint density at radius 1 is 1.10 bits per heavy atom. The molecule has 1 amide bonds. The molecule has 1 atom stereocenters. The lowest BCUT2D eigenvalue weighted by atomic mass is 9.96. The summed E-state index contributed by atoms with van der Waals surface area (Å²) in [6, 6.07) is 12.9. The number of likely N-dealkylation sites (tertiary alicyclic amines) is 1. The molecule has 2 aliphatic heterocycles. The van der Waals surface area contributed by atoms with Gasteiger partial charge < -0.3 is 14.4 Å². The van der Waals surface area contributed by atoms with E-state index >= 15 is 0 Å². The first-order valence-electron chi connectivity index (χ1n) is 9.83. The number of ether oxygens (including phenoxy) is 2. The number of sulfonamides is 1. The van der Waals surface area contributed by atoms with Crippen LogP contribution in [0.25, 0.3) is 0 Å². The van der Waals surface area contributed by atoms with Gasteiger partial charge >= 0.3 is 0 Å². The molecule has 0 radical (unpaired) electrons. The SMILES string of the molecule is O=C(c1cccc(NS(=O)(=O)c2ccc(Br)cc2)c1)N1CCCC(C2OCCO2)C1. The minimum absolute atomic E-state index is 0.123. The number of rotatable bonds is 5. The van der Waals surface area contributed by atoms with E-state index in [0.717, 1.165) is 17.3 Å². The van der Waals surface area contributed by atoms with Crippen LogP contribution < -0.4 is 4.72 Å². The number of benzene rings is 2. The molecule has 2 aromatic rings. The maximum absolute atomic E-state index is 13.0. The van der Waals surface area contributed by atoms with Crippen LogP contribution in [0.2, 0.25) is 0 Å². The summed E-state index contributed by atoms with van der Waals surface area (Å²) in [6.07, 6.45) is 1.60. The minimum Gasteiger partial charge on any atom is -0.350 e. The zero-order valence-electron chi connectivity index (χ0n) is 16.3. The third kappa shape index (κ3) is 4.85. The maximum atomic E-state index is 13.0. The van der Waals surface area contributed by atoms with Crippen molar-refractivity contribution in [3.63, 3.8) is 0 Å². The van der Waals surface area contributed by atoms with E-state index in [9.17, 15) is 13.2 Å². The molecule has 0 saturated carbocycles. The van der Waals surface area contributed by atoms with Crippen molar-refractivity contribution in [3.05, 3.63) is 58.6 Å². The van der Waals surface area contributed by atoms with Gasteiger partial charge in [0.1, 0.15) is 0 Å². The van der Waals surface area contributed by atoms with E-state index in [-0.39, 0.29) is 23.0 Å². The molecule has 2 fully saturated rings. The highest BCUT2D eigenvalue weighted by Gasteiger charge is 2.33. The van der Waals surface area contributed by atoms with Crippen molar-refractivity contribution >= 4 is 37.5 Å². The monoisotopic (exact) mass is 494 g/mol. The van der Waals surface area contributed by atoms with Crippen LogP contribution in [0.5, 0.6) is 0 Å². The smallest absolute Gasteiger partial charge is 0.261 e. The first-order valence-corrected chi connectivity index (χ1v) is 12.1. The lowest BCUT2D eigenvalue weighted by Gasteiger charge is -2.34. The lowest BCUT2D eigenvalue weighted by Crippen LogP contribution is -2.43. The predicted octanol–water partition coefficient (Wildman–Crippen LogP) is 3.48. The van der Waals surface area contributed by atoms with Crippen molar-refractivity contribution in [2.75, 3.05) is 31.0 Å². The van der Waals surface area contributed by atoms with Gasteiger partial charge in [-0.2, -0.15) is 0 Å². The average Bonchev–Trinajstić information content (AvgIpc) is 3.28. The fraction of sp³-hybridized carbons (Fsp3) is 0.381. The maximum Gasteiger partial charge on any atom is 0.261 e. The highest BCUT2D eigenvalue weighted by molar-refractivity contribution is 9.10. The number of hydrogen-bond acceptors (Lipinski definition) is 5. The summed E-state index contributed by atoms with van der Waals surface area (Å²) >= 11 is 3.29. The van der Waals surface area contributed by atoms with Crippen molar-refractivity contribution in [3.8, 4) is 0 Å². The molecular formula is C21H23BrN2O5S. The molecule has 2 saturated heterocycles. The minimum atomic E-state index is -3.75. The zero-order chi connectivity index (χ0) is 21.1. The number of carbonyl (C=O) groups is 1. The molecule has 2 aromatic carbocycles. The second-order valence-electron chi connectivity index (χ2n) is 7.40. The fourth-order valence-corrected chi connectivity index (χ4v) is 5.11. The van der Waals surface area contributed by atoms with Crippen molar-refractivity contribution in [1.82, 2.24) is 4.90 Å². The van der Waals surface area contributed by atoms with Crippen molar-refractivity contribution in [1.29, 1.82) is 0 Å². The second-order valence-corrected chi connectivity index (χ2v) is 10.0. The molecule has 2 heterocycles. The molecule has 2 aliphatic rings. The Labute approximate surface area is 184 Å². The Kier molecular flexibility index (Phi) is 6.43. The predicted molar refractivity (Wildman–Crippen MR) is 116 cm³/mol. The fourth-order valence-electron chi connectivity index (χ4n) is 3.79. The van der Waals surface area contributed by atoms with Gasteiger partial charge in [0.25, 0.3) is 15.9 Å². The molecular weight excluding hydrogens is 472 g/mol. The lowest BCUT2D eigenvalue weighted by molar-refractivity contribution is -0.0969. The molecule has 0 aromatic heterocycles. The van der Waals surface area contributed by atoms with Crippen LogP contribution in [0.1, 0.15) is 23.2 Å². The first kappa shape index (κ1) is 21.3. The Morgan fingerprint density at radius 2 is 1.83 bits per heavy atom. The number of carbonyl (C=O) groups excluding carboxylic acids is 1. The molecule has 160 valence electrons. The van der Waals surface area contributed by atoms with Crippen LogP contribution in [0.15, 0.2) is 57.9 Å². The van der Waals surface area contributed by atoms with Gasteiger partial charge in [-0.05, 0) is 55.3 Å². The van der Waals surface area contributed by atoms with Gasteiger partial charge in [-0.1, -0.05) is 22.0 Å². The van der Waals surface area contributed by atoms with E-state index < -0.39 is 10.0 Å². The van der Waals surface area contributed by atoms with Gasteiger partial charge in [-0.3, -0.25) is 9.52 Å². The Morgan fingerprint density at radius 3 is 2.57 bits per heavy atom. The summed E-state index contributed by atoms with van der Waals surface area (Å²) in [5, 5.41) is 0. The van der Waals surface area contributed by atoms with Gasteiger partial charge in [0, 0.05) is 34.7 Å². The molecule has 0 bridgehead atoms. The molecule has 1 N–H and O–H groups in total. The summed E-state index contributed by atoms with van der Waals surface area (Å²) in [5.41, 5.74) is 0.791. The Balaban J connectivity index is 1.47. The quantitative estimate of drug-likeness (QED) is 0.687. The van der Waals surface area contributed by atoms with E-state index in [1.165, 1.54) is 12.1 Å². The van der Waals surface area contributed by atoms with Gasteiger partial charge in [-0.15, -0.1) is 0 Å². The van der Waals surface area contributed by atoms with Gasteiger partial charge in [0.15, 0.2) is 6.29 Å². The zero-order valence-corrected chi connectivity index (χ0v) is 18.7. The van der Waals surface area contributed by atoms with Gasteiger partial charge in [-0.25, -0.2) is 8.42 Å². The molecule has 9 heteroatoms. The van der Waals surface area contributed by atoms with Crippen molar-refractivity contribution in [2.24, 2.45) is 5.92 Å². The number of hydrogen-bond donors (Lipinski definition) is 1. The molecule has 7 nitrogen and oxygen atoms in total. The Bertz CT molecular complexity index is 1010. The number of nitrogens with one attached hydrogen (secondary N) is 1. The summed E-state index contributed by atoms with van der Waals surface area (Å²) in [6.45, 7) is 2.42. The van der Waals surface area contributed by atoms with Crippen molar-refractivity contribution < 1.29 is 22.7 Å². The molecule has 4 rings (SSSR count). The van der Waals surface area contributed by atoms with Crippen LogP contribution in [0.3, 0.4) is 0 Å². The van der Waals surface area contributed by atoms with Crippen LogP contribution in [0.4, 0.5) is 5.69 Å². The molecule has 1 unspecified atom stereocenters. The molecule has 30 heavy (non-hydrogen) atoms. The van der Waals surface area contributed by atoms with Crippen molar-refractivity contribution in [2.45, 2.75) is 24.0 Å². The highest BCUT2D eigenvalue weighted by atomic mass is 79.9. The number of piperidine rings is 1. The summed E-state index contributed by atoms with van der Waals surface area (Å²) in [7, 11) is -3.75. The van der Waals surface area contributed by atoms with Crippen LogP contribution in [-0.2, 0) is 19.5 Å².